The molecule has 0 saturated carbocycles. The highest BCUT2D eigenvalue weighted by Gasteiger charge is 2.20. The highest BCUT2D eigenvalue weighted by atomic mass is 19.1. The molecule has 0 radical (unpaired) electrons. The average Bonchev–Trinajstić information content (AvgIpc) is 3.32. The summed E-state index contributed by atoms with van der Waals surface area (Å²) < 4.78 is 15.3. The number of carboxylic acids is 1. The normalized spacial score (nSPS) is 12.4. The van der Waals surface area contributed by atoms with Crippen LogP contribution in [0.4, 0.5) is 4.39 Å². The largest absolute Gasteiger partial charge is 0.480 e. The maximum Gasteiger partial charge on any atom is 0.326 e. The van der Waals surface area contributed by atoms with Crippen molar-refractivity contribution in [2.45, 2.75) is 31.8 Å². The summed E-state index contributed by atoms with van der Waals surface area (Å²) in [5.74, 6) is -1.85. The monoisotopic (exact) mass is 450 g/mol. The molecular formula is C25H27FN4O3. The van der Waals surface area contributed by atoms with Crippen LogP contribution in [0.2, 0.25) is 0 Å². The van der Waals surface area contributed by atoms with Gasteiger partial charge in [-0.05, 0) is 72.8 Å². The van der Waals surface area contributed by atoms with Gasteiger partial charge in [0.2, 0.25) is 0 Å². The van der Waals surface area contributed by atoms with E-state index in [1.165, 1.54) is 12.1 Å². The van der Waals surface area contributed by atoms with Gasteiger partial charge in [-0.15, -0.1) is 0 Å². The van der Waals surface area contributed by atoms with Crippen LogP contribution in [0.15, 0.2) is 67.3 Å². The number of aliphatic carboxylic acids is 1. The minimum Gasteiger partial charge on any atom is -0.480 e. The van der Waals surface area contributed by atoms with Gasteiger partial charge in [-0.3, -0.25) is 4.79 Å². The van der Waals surface area contributed by atoms with Crippen LogP contribution in [0.1, 0.15) is 40.7 Å². The number of allylic oxidation sites excluding steroid dienone is 1. The topological polar surface area (TPSA) is 110 Å². The summed E-state index contributed by atoms with van der Waals surface area (Å²) in [6.07, 6.45) is 8.75. The van der Waals surface area contributed by atoms with E-state index in [-0.39, 0.29) is 5.82 Å². The molecule has 1 heterocycles. The number of halogens is 1. The van der Waals surface area contributed by atoms with Crippen molar-refractivity contribution in [2.75, 3.05) is 6.54 Å². The number of hydrogen-bond acceptors (Lipinski definition) is 4. The van der Waals surface area contributed by atoms with Gasteiger partial charge in [0.15, 0.2) is 0 Å². The number of carboxylic acid groups (broad SMARTS) is 1. The number of hydrogen-bond donors (Lipinski definition) is 3. The number of aromatic nitrogens is 2. The Labute approximate surface area is 191 Å². The number of carbonyl (C=O) groups is 2. The van der Waals surface area contributed by atoms with E-state index >= 15 is 0 Å². The van der Waals surface area contributed by atoms with Gasteiger partial charge in [0, 0.05) is 24.5 Å². The summed E-state index contributed by atoms with van der Waals surface area (Å²) in [7, 11) is 0. The minimum atomic E-state index is -1.07. The van der Waals surface area contributed by atoms with Crippen molar-refractivity contribution in [3.63, 3.8) is 0 Å². The number of imidazole rings is 1. The molecule has 8 heteroatoms. The first-order valence-corrected chi connectivity index (χ1v) is 10.7. The van der Waals surface area contributed by atoms with E-state index < -0.39 is 17.9 Å². The Morgan fingerprint density at radius 3 is 2.61 bits per heavy atom. The van der Waals surface area contributed by atoms with E-state index in [4.69, 9.17) is 5.73 Å². The van der Waals surface area contributed by atoms with E-state index in [1.807, 2.05) is 22.9 Å². The van der Waals surface area contributed by atoms with Crippen LogP contribution >= 0.6 is 0 Å². The summed E-state index contributed by atoms with van der Waals surface area (Å²) >= 11 is 0. The molecule has 0 spiro atoms. The molecule has 33 heavy (non-hydrogen) atoms. The van der Waals surface area contributed by atoms with Gasteiger partial charge in [0.05, 0.1) is 6.33 Å². The molecular weight excluding hydrogens is 423 g/mol. The lowest BCUT2D eigenvalue weighted by atomic mass is 10.0. The van der Waals surface area contributed by atoms with Gasteiger partial charge in [0.1, 0.15) is 11.9 Å². The first-order chi connectivity index (χ1) is 16.0. The number of nitrogens with two attached hydrogens (primary N) is 1. The Kier molecular flexibility index (Phi) is 8.49. The van der Waals surface area contributed by atoms with Gasteiger partial charge in [-0.25, -0.2) is 14.2 Å². The molecule has 0 saturated heterocycles. The summed E-state index contributed by atoms with van der Waals surface area (Å²) in [5.41, 5.74) is 8.32. The summed E-state index contributed by atoms with van der Waals surface area (Å²) in [6, 6.07) is 12.2. The molecule has 4 N–H and O–H groups in total. The fourth-order valence-electron chi connectivity index (χ4n) is 3.42. The van der Waals surface area contributed by atoms with Crippen LogP contribution in [-0.4, -0.2) is 39.1 Å². The second-order valence-electron chi connectivity index (χ2n) is 7.69. The van der Waals surface area contributed by atoms with Crippen molar-refractivity contribution in [1.82, 2.24) is 14.9 Å². The number of nitrogens with one attached hydrogen (secondary N) is 1. The Morgan fingerprint density at radius 1 is 1.15 bits per heavy atom. The molecule has 3 rings (SSSR count). The van der Waals surface area contributed by atoms with E-state index in [0.29, 0.717) is 37.9 Å². The molecule has 1 amide bonds. The molecule has 172 valence electrons. The number of benzene rings is 2. The van der Waals surface area contributed by atoms with Gasteiger partial charge in [-0.1, -0.05) is 24.3 Å². The third kappa shape index (κ3) is 7.11. The van der Waals surface area contributed by atoms with E-state index in [9.17, 15) is 19.1 Å². The molecule has 0 fully saturated rings. The molecule has 7 nitrogen and oxygen atoms in total. The lowest BCUT2D eigenvalue weighted by Crippen LogP contribution is -2.40. The van der Waals surface area contributed by atoms with Crippen molar-refractivity contribution in [1.29, 1.82) is 0 Å². The van der Waals surface area contributed by atoms with Crippen molar-refractivity contribution >= 4 is 23.5 Å². The highest BCUT2D eigenvalue weighted by molar-refractivity contribution is 5.97. The number of carbonyl (C=O) groups excluding carboxylic acids is 1. The fraction of sp³-hybridized carbons (Fsp3) is 0.240. The zero-order chi connectivity index (χ0) is 23.6. The van der Waals surface area contributed by atoms with Crippen molar-refractivity contribution in [2.24, 2.45) is 5.73 Å². The molecule has 3 aromatic rings. The van der Waals surface area contributed by atoms with Gasteiger partial charge in [-0.2, -0.15) is 0 Å². The zero-order valence-electron chi connectivity index (χ0n) is 18.2. The standard InChI is InChI=1S/C25H27FN4O3/c26-22-9-7-19(8-10-22)21(16-30-13-12-28-17-30)15-18-4-3-5-20(14-18)24(31)29-23(25(32)33)6-1-2-11-27/h3-5,7-10,12-15,17,23H,1-2,6,11,16,27H2,(H,29,31)(H,32,33)/t23-/m0/s1. The summed E-state index contributed by atoms with van der Waals surface area (Å²) in [4.78, 5) is 28.3. The highest BCUT2D eigenvalue weighted by Crippen LogP contribution is 2.21. The fourth-order valence-corrected chi connectivity index (χ4v) is 3.42. The molecule has 0 aliphatic carbocycles. The molecule has 0 bridgehead atoms. The van der Waals surface area contributed by atoms with E-state index in [0.717, 1.165) is 16.7 Å². The van der Waals surface area contributed by atoms with Gasteiger partial charge < -0.3 is 20.7 Å². The van der Waals surface area contributed by atoms with Crippen molar-refractivity contribution < 1.29 is 19.1 Å². The molecule has 1 aromatic heterocycles. The van der Waals surface area contributed by atoms with Crippen LogP contribution in [0.5, 0.6) is 0 Å². The molecule has 0 unspecified atom stereocenters. The smallest absolute Gasteiger partial charge is 0.326 e. The maximum atomic E-state index is 13.4. The predicted octanol–water partition coefficient (Wildman–Crippen LogP) is 3.58. The third-order valence-electron chi connectivity index (χ3n) is 5.17. The van der Waals surface area contributed by atoms with Crippen molar-refractivity contribution in [3.05, 3.63) is 89.8 Å². The summed E-state index contributed by atoms with van der Waals surface area (Å²) in [5, 5.41) is 12.0. The Hall–Kier alpha value is -3.78. The van der Waals surface area contributed by atoms with E-state index in [1.54, 1.807) is 42.9 Å². The maximum absolute atomic E-state index is 13.4. The number of amides is 1. The van der Waals surface area contributed by atoms with Crippen molar-refractivity contribution in [3.8, 4) is 0 Å². The van der Waals surface area contributed by atoms with Crippen LogP contribution in [0.3, 0.4) is 0 Å². The quantitative estimate of drug-likeness (QED) is 0.306. The number of unbranched alkanes of at least 4 members (excludes halogenated alkanes) is 1. The lowest BCUT2D eigenvalue weighted by Gasteiger charge is -2.15. The average molecular weight is 451 g/mol. The minimum absolute atomic E-state index is 0.317. The molecule has 2 aromatic carbocycles. The van der Waals surface area contributed by atoms with Crippen LogP contribution in [-0.2, 0) is 11.3 Å². The van der Waals surface area contributed by atoms with Gasteiger partial charge in [0.25, 0.3) is 5.91 Å². The SMILES string of the molecule is NCCCC[C@H](NC(=O)c1cccc(C=C(Cn2ccnc2)c2ccc(F)cc2)c1)C(=O)O. The predicted molar refractivity (Wildman–Crippen MR) is 125 cm³/mol. The van der Waals surface area contributed by atoms with Crippen LogP contribution < -0.4 is 11.1 Å². The van der Waals surface area contributed by atoms with E-state index in [2.05, 4.69) is 10.3 Å². The second-order valence-corrected chi connectivity index (χ2v) is 7.69. The third-order valence-corrected chi connectivity index (χ3v) is 5.17. The molecule has 0 aliphatic rings. The number of nitrogens with zero attached hydrogens (tertiary/aromatic N) is 2. The molecule has 0 aliphatic heterocycles. The lowest BCUT2D eigenvalue weighted by molar-refractivity contribution is -0.139. The van der Waals surface area contributed by atoms with Gasteiger partial charge >= 0.3 is 5.97 Å². The first kappa shape index (κ1) is 23.9. The van der Waals surface area contributed by atoms with Crippen LogP contribution in [0, 0.1) is 5.82 Å². The Morgan fingerprint density at radius 2 is 1.94 bits per heavy atom. The second kappa shape index (κ2) is 11.7. The van der Waals surface area contributed by atoms with Crippen LogP contribution in [0.25, 0.3) is 11.6 Å². The Bertz CT molecular complexity index is 1100. The number of rotatable bonds is 11. The summed E-state index contributed by atoms with van der Waals surface area (Å²) in [6.45, 7) is 0.981. The first-order valence-electron chi connectivity index (χ1n) is 10.7. The zero-order valence-corrected chi connectivity index (χ0v) is 18.2. The Balaban J connectivity index is 1.83. The molecule has 1 atom stereocenters.